The Bertz CT molecular complexity index is 493. The van der Waals surface area contributed by atoms with Gasteiger partial charge in [-0.3, -0.25) is 0 Å². The second-order valence-electron chi connectivity index (χ2n) is 3.78. The van der Waals surface area contributed by atoms with Gasteiger partial charge in [0.25, 0.3) is 0 Å². The topological polar surface area (TPSA) is 55.4 Å². The van der Waals surface area contributed by atoms with E-state index in [-0.39, 0.29) is 6.04 Å². The van der Waals surface area contributed by atoms with Gasteiger partial charge >= 0.3 is 5.76 Å². The molecule has 0 spiro atoms. The number of ether oxygens (including phenoxy) is 1. The highest BCUT2D eigenvalue weighted by atomic mass is 35.5. The zero-order valence-electron chi connectivity index (χ0n) is 10.1. The molecule has 108 valence electrons. The summed E-state index contributed by atoms with van der Waals surface area (Å²) in [4.78, 5) is -0.415. The normalized spacial score (nSPS) is 13.5. The molecule has 0 aliphatic heterocycles. The van der Waals surface area contributed by atoms with Gasteiger partial charge in [-0.15, -0.1) is 11.6 Å². The Morgan fingerprint density at radius 1 is 1.32 bits per heavy atom. The number of benzene rings is 1. The van der Waals surface area contributed by atoms with E-state index in [0.29, 0.717) is 18.2 Å². The molecule has 0 heterocycles. The van der Waals surface area contributed by atoms with Gasteiger partial charge in [0.1, 0.15) is 0 Å². The molecule has 19 heavy (non-hydrogen) atoms. The first kappa shape index (κ1) is 16.1. The van der Waals surface area contributed by atoms with Crippen LogP contribution < -0.4 is 5.32 Å². The minimum Gasteiger partial charge on any atom is -0.383 e. The van der Waals surface area contributed by atoms with Gasteiger partial charge in [-0.05, 0) is 24.3 Å². The van der Waals surface area contributed by atoms with E-state index in [4.69, 9.17) is 16.3 Å². The van der Waals surface area contributed by atoms with E-state index in [2.05, 4.69) is 5.32 Å². The zero-order chi connectivity index (χ0) is 14.5. The highest BCUT2D eigenvalue weighted by Crippen LogP contribution is 2.20. The summed E-state index contributed by atoms with van der Waals surface area (Å²) in [5.41, 5.74) is 0.580. The number of halogens is 3. The molecular formula is C11H14ClF2NO3S. The molecular weight excluding hydrogens is 300 g/mol. The van der Waals surface area contributed by atoms with Crippen molar-refractivity contribution < 1.29 is 21.9 Å². The van der Waals surface area contributed by atoms with E-state index in [9.17, 15) is 17.2 Å². The molecule has 0 amide bonds. The van der Waals surface area contributed by atoms with E-state index in [1.807, 2.05) is 0 Å². The van der Waals surface area contributed by atoms with Gasteiger partial charge in [0.15, 0.2) is 0 Å². The predicted octanol–water partition coefficient (Wildman–Crippen LogP) is 2.35. The van der Waals surface area contributed by atoms with E-state index in [1.54, 1.807) is 0 Å². The van der Waals surface area contributed by atoms with E-state index in [0.717, 1.165) is 12.1 Å². The molecule has 1 rings (SSSR count). The van der Waals surface area contributed by atoms with E-state index < -0.39 is 20.5 Å². The lowest BCUT2D eigenvalue weighted by Crippen LogP contribution is -2.26. The van der Waals surface area contributed by atoms with Crippen LogP contribution in [-0.4, -0.2) is 39.8 Å². The van der Waals surface area contributed by atoms with Crippen molar-refractivity contribution in [1.29, 1.82) is 0 Å². The third kappa shape index (κ3) is 4.29. The van der Waals surface area contributed by atoms with Crippen LogP contribution in [-0.2, 0) is 14.6 Å². The fourth-order valence-electron chi connectivity index (χ4n) is 1.41. The number of nitrogens with one attached hydrogen (secondary N) is 1. The number of hydrogen-bond donors (Lipinski definition) is 1. The third-order valence-electron chi connectivity index (χ3n) is 2.34. The standard InChI is InChI=1S/C11H14ClF2NO3S/c1-18-7-9(6-12)15-8-2-4-10(5-3-8)19(16,17)11(13)14/h2-5,9,11,15H,6-7H2,1H3. The Morgan fingerprint density at radius 3 is 2.32 bits per heavy atom. The number of sulfone groups is 1. The molecule has 4 nitrogen and oxygen atoms in total. The summed E-state index contributed by atoms with van der Waals surface area (Å²) in [5.74, 6) is -3.12. The molecule has 1 unspecified atom stereocenters. The Hall–Kier alpha value is -0.920. The lowest BCUT2D eigenvalue weighted by molar-refractivity contribution is 0.191. The number of anilines is 1. The first-order chi connectivity index (χ1) is 8.91. The van der Waals surface area contributed by atoms with E-state index in [1.165, 1.54) is 19.2 Å². The molecule has 1 aromatic rings. The fourth-order valence-corrected chi connectivity index (χ4v) is 2.29. The Kier molecular flexibility index (Phi) is 5.96. The van der Waals surface area contributed by atoms with Crippen molar-refractivity contribution in [1.82, 2.24) is 0 Å². The van der Waals surface area contributed by atoms with Crippen LogP contribution in [0.4, 0.5) is 14.5 Å². The maximum Gasteiger partial charge on any atom is 0.341 e. The van der Waals surface area contributed by atoms with Crippen LogP contribution in [0.15, 0.2) is 29.2 Å². The molecule has 0 bridgehead atoms. The molecule has 1 N–H and O–H groups in total. The summed E-state index contributed by atoms with van der Waals surface area (Å²) in [6, 6.07) is 4.92. The summed E-state index contributed by atoms with van der Waals surface area (Å²) in [5, 5.41) is 3.00. The average Bonchev–Trinajstić information content (AvgIpc) is 2.38. The largest absolute Gasteiger partial charge is 0.383 e. The predicted molar refractivity (Wildman–Crippen MR) is 69.6 cm³/mol. The highest BCUT2D eigenvalue weighted by molar-refractivity contribution is 7.91. The van der Waals surface area contributed by atoms with Crippen LogP contribution in [0.1, 0.15) is 0 Å². The fraction of sp³-hybridized carbons (Fsp3) is 0.455. The number of methoxy groups -OCH3 is 1. The first-order valence-electron chi connectivity index (χ1n) is 5.35. The summed E-state index contributed by atoms with van der Waals surface area (Å²) in [6.07, 6.45) is 0. The van der Waals surface area contributed by atoms with Gasteiger partial charge in [-0.25, -0.2) is 8.42 Å². The third-order valence-corrected chi connectivity index (χ3v) is 4.11. The van der Waals surface area contributed by atoms with Gasteiger partial charge in [0.05, 0.1) is 17.5 Å². The minimum absolute atomic E-state index is 0.149. The van der Waals surface area contributed by atoms with Crippen molar-refractivity contribution in [2.24, 2.45) is 0 Å². The highest BCUT2D eigenvalue weighted by Gasteiger charge is 2.26. The van der Waals surface area contributed by atoms with E-state index >= 15 is 0 Å². The molecule has 1 aromatic carbocycles. The average molecular weight is 314 g/mol. The molecule has 0 aliphatic rings. The molecule has 0 aliphatic carbocycles. The van der Waals surface area contributed by atoms with Crippen molar-refractivity contribution in [3.63, 3.8) is 0 Å². The van der Waals surface area contributed by atoms with Gasteiger partial charge in [0.2, 0.25) is 9.84 Å². The molecule has 0 fully saturated rings. The van der Waals surface area contributed by atoms with Crippen molar-refractivity contribution in [2.75, 3.05) is 24.9 Å². The quantitative estimate of drug-likeness (QED) is 0.785. The molecule has 1 atom stereocenters. The first-order valence-corrected chi connectivity index (χ1v) is 7.43. The van der Waals surface area contributed by atoms with Crippen molar-refractivity contribution >= 4 is 27.1 Å². The Labute approximate surface area is 115 Å². The summed E-state index contributed by atoms with van der Waals surface area (Å²) in [6.45, 7) is 0.376. The van der Waals surface area contributed by atoms with Crippen molar-refractivity contribution in [3.05, 3.63) is 24.3 Å². The Morgan fingerprint density at radius 2 is 1.89 bits per heavy atom. The van der Waals surface area contributed by atoms with Gasteiger partial charge < -0.3 is 10.1 Å². The summed E-state index contributed by atoms with van der Waals surface area (Å²) in [7, 11) is -3.02. The Balaban J connectivity index is 2.82. The van der Waals surface area contributed by atoms with Crippen molar-refractivity contribution in [3.8, 4) is 0 Å². The number of alkyl halides is 3. The molecule has 0 aromatic heterocycles. The zero-order valence-corrected chi connectivity index (χ0v) is 11.7. The van der Waals surface area contributed by atoms with Crippen LogP contribution in [0.3, 0.4) is 0 Å². The van der Waals surface area contributed by atoms with Crippen molar-refractivity contribution in [2.45, 2.75) is 16.7 Å². The van der Waals surface area contributed by atoms with Crippen LogP contribution in [0.5, 0.6) is 0 Å². The molecule has 0 radical (unpaired) electrons. The van der Waals surface area contributed by atoms with Crippen LogP contribution in [0, 0.1) is 0 Å². The monoisotopic (exact) mass is 313 g/mol. The SMILES string of the molecule is COCC(CCl)Nc1ccc(S(=O)(=O)C(F)F)cc1. The second kappa shape index (κ2) is 7.02. The van der Waals surface area contributed by atoms with Crippen LogP contribution in [0.2, 0.25) is 0 Å². The van der Waals surface area contributed by atoms with Crippen LogP contribution in [0.25, 0.3) is 0 Å². The molecule has 0 saturated carbocycles. The lowest BCUT2D eigenvalue weighted by atomic mass is 10.3. The lowest BCUT2D eigenvalue weighted by Gasteiger charge is -2.16. The maximum atomic E-state index is 12.3. The molecule has 0 saturated heterocycles. The second-order valence-corrected chi connectivity index (χ2v) is 6.01. The van der Waals surface area contributed by atoms with Crippen LogP contribution >= 0.6 is 11.6 Å². The van der Waals surface area contributed by atoms with Gasteiger partial charge in [0, 0.05) is 18.7 Å². The minimum atomic E-state index is -4.55. The smallest absolute Gasteiger partial charge is 0.341 e. The summed E-state index contributed by atoms with van der Waals surface area (Å²) >= 11 is 5.70. The number of rotatable bonds is 7. The summed E-state index contributed by atoms with van der Waals surface area (Å²) < 4.78 is 52.0. The maximum absolute atomic E-state index is 12.3. The van der Waals surface area contributed by atoms with Gasteiger partial charge in [-0.1, -0.05) is 0 Å². The molecule has 8 heteroatoms. The van der Waals surface area contributed by atoms with Gasteiger partial charge in [-0.2, -0.15) is 8.78 Å². The number of hydrogen-bond acceptors (Lipinski definition) is 4.